The summed E-state index contributed by atoms with van der Waals surface area (Å²) in [5.41, 5.74) is 5.87. The first kappa shape index (κ1) is 16.4. The van der Waals surface area contributed by atoms with Crippen LogP contribution in [0.15, 0.2) is 0 Å². The molecule has 1 unspecified atom stereocenters. The Morgan fingerprint density at radius 1 is 1.42 bits per heavy atom. The molecule has 1 amide bonds. The molecule has 0 aromatic heterocycles. The SMILES string of the molecule is CCC(C)[C@H](N)C(=O)NCC(C)(C)N1CCOCC1. The molecule has 1 heterocycles. The lowest BCUT2D eigenvalue weighted by Crippen LogP contribution is -2.57. The van der Waals surface area contributed by atoms with Crippen LogP contribution in [0.25, 0.3) is 0 Å². The van der Waals surface area contributed by atoms with Gasteiger partial charge in [-0.1, -0.05) is 20.3 Å². The third kappa shape index (κ3) is 4.75. The number of nitrogens with one attached hydrogen (secondary N) is 1. The van der Waals surface area contributed by atoms with Crippen LogP contribution < -0.4 is 11.1 Å². The average molecular weight is 271 g/mol. The van der Waals surface area contributed by atoms with Crippen LogP contribution in [-0.2, 0) is 9.53 Å². The number of morpholine rings is 1. The van der Waals surface area contributed by atoms with Crippen LogP contribution in [0, 0.1) is 5.92 Å². The van der Waals surface area contributed by atoms with E-state index in [-0.39, 0.29) is 17.4 Å². The van der Waals surface area contributed by atoms with E-state index in [0.29, 0.717) is 6.54 Å². The van der Waals surface area contributed by atoms with E-state index >= 15 is 0 Å². The van der Waals surface area contributed by atoms with Crippen LogP contribution >= 0.6 is 0 Å². The fourth-order valence-electron chi connectivity index (χ4n) is 2.21. The van der Waals surface area contributed by atoms with Crippen molar-refractivity contribution >= 4 is 5.91 Å². The molecule has 0 radical (unpaired) electrons. The molecule has 0 bridgehead atoms. The first-order chi connectivity index (χ1) is 8.88. The highest BCUT2D eigenvalue weighted by atomic mass is 16.5. The number of carbonyl (C=O) groups is 1. The first-order valence-corrected chi connectivity index (χ1v) is 7.24. The Bertz CT molecular complexity index is 288. The van der Waals surface area contributed by atoms with E-state index < -0.39 is 6.04 Å². The number of hydrogen-bond donors (Lipinski definition) is 2. The highest BCUT2D eigenvalue weighted by Crippen LogP contribution is 2.15. The second kappa shape index (κ2) is 7.22. The smallest absolute Gasteiger partial charge is 0.237 e. The Hall–Kier alpha value is -0.650. The Morgan fingerprint density at radius 3 is 2.53 bits per heavy atom. The number of ether oxygens (including phenoxy) is 1. The zero-order valence-corrected chi connectivity index (χ0v) is 12.7. The molecule has 0 saturated carbocycles. The fourth-order valence-corrected chi connectivity index (χ4v) is 2.21. The lowest BCUT2D eigenvalue weighted by molar-refractivity contribution is -0.124. The van der Waals surface area contributed by atoms with Gasteiger partial charge in [0.2, 0.25) is 5.91 Å². The quantitative estimate of drug-likeness (QED) is 0.742. The number of carbonyl (C=O) groups excluding carboxylic acids is 1. The van der Waals surface area contributed by atoms with Crippen LogP contribution in [-0.4, -0.2) is 55.2 Å². The molecule has 3 N–H and O–H groups in total. The van der Waals surface area contributed by atoms with Crippen molar-refractivity contribution in [1.29, 1.82) is 0 Å². The highest BCUT2D eigenvalue weighted by Gasteiger charge is 2.29. The van der Waals surface area contributed by atoms with Crippen LogP contribution in [0.2, 0.25) is 0 Å². The predicted molar refractivity (Wildman–Crippen MR) is 76.9 cm³/mol. The molecular weight excluding hydrogens is 242 g/mol. The van der Waals surface area contributed by atoms with Crippen LogP contribution in [0.5, 0.6) is 0 Å². The van der Waals surface area contributed by atoms with Gasteiger partial charge < -0.3 is 15.8 Å². The summed E-state index contributed by atoms with van der Waals surface area (Å²) >= 11 is 0. The van der Waals surface area contributed by atoms with Crippen molar-refractivity contribution in [3.63, 3.8) is 0 Å². The van der Waals surface area contributed by atoms with E-state index in [1.807, 2.05) is 6.92 Å². The van der Waals surface area contributed by atoms with Crippen molar-refractivity contribution in [3.05, 3.63) is 0 Å². The van der Waals surface area contributed by atoms with Gasteiger partial charge in [0.25, 0.3) is 0 Å². The summed E-state index contributed by atoms with van der Waals surface area (Å²) in [4.78, 5) is 14.3. The van der Waals surface area contributed by atoms with E-state index in [4.69, 9.17) is 10.5 Å². The topological polar surface area (TPSA) is 67.6 Å². The van der Waals surface area contributed by atoms with Crippen LogP contribution in [0.1, 0.15) is 34.1 Å². The normalized spacial score (nSPS) is 20.9. The summed E-state index contributed by atoms with van der Waals surface area (Å²) in [7, 11) is 0. The minimum Gasteiger partial charge on any atom is -0.379 e. The molecule has 1 aliphatic rings. The molecule has 0 aromatic carbocycles. The summed E-state index contributed by atoms with van der Waals surface area (Å²) in [5.74, 6) is 0.169. The van der Waals surface area contributed by atoms with Crippen molar-refractivity contribution in [2.75, 3.05) is 32.8 Å². The summed E-state index contributed by atoms with van der Waals surface area (Å²) in [5, 5.41) is 2.99. The third-order valence-corrected chi connectivity index (χ3v) is 4.12. The standard InChI is InChI=1S/C14H29N3O2/c1-5-11(2)12(15)13(18)16-10-14(3,4)17-6-8-19-9-7-17/h11-12H,5-10,15H2,1-4H3,(H,16,18)/t11?,12-/m0/s1. The van der Waals surface area contributed by atoms with E-state index in [2.05, 4.69) is 31.0 Å². The van der Waals surface area contributed by atoms with E-state index in [1.165, 1.54) is 0 Å². The van der Waals surface area contributed by atoms with Gasteiger partial charge in [-0.3, -0.25) is 9.69 Å². The highest BCUT2D eigenvalue weighted by molar-refractivity contribution is 5.81. The largest absolute Gasteiger partial charge is 0.379 e. The maximum absolute atomic E-state index is 12.0. The van der Waals surface area contributed by atoms with Crippen LogP contribution in [0.3, 0.4) is 0 Å². The maximum Gasteiger partial charge on any atom is 0.237 e. The van der Waals surface area contributed by atoms with Gasteiger partial charge in [-0.25, -0.2) is 0 Å². The number of nitrogens with two attached hydrogens (primary N) is 1. The van der Waals surface area contributed by atoms with E-state index in [0.717, 1.165) is 32.7 Å². The molecule has 0 spiro atoms. The Kier molecular flexibility index (Phi) is 6.23. The summed E-state index contributed by atoms with van der Waals surface area (Å²) in [6.07, 6.45) is 0.918. The zero-order valence-electron chi connectivity index (χ0n) is 12.7. The zero-order chi connectivity index (χ0) is 14.5. The monoisotopic (exact) mass is 271 g/mol. The third-order valence-electron chi connectivity index (χ3n) is 4.12. The Balaban J connectivity index is 2.43. The summed E-state index contributed by atoms with van der Waals surface area (Å²) in [6, 6.07) is -0.412. The van der Waals surface area contributed by atoms with Crippen molar-refractivity contribution in [2.24, 2.45) is 11.7 Å². The molecule has 5 nitrogen and oxygen atoms in total. The van der Waals surface area contributed by atoms with Gasteiger partial charge in [0.1, 0.15) is 0 Å². The second-order valence-electron chi connectivity index (χ2n) is 6.04. The van der Waals surface area contributed by atoms with Gasteiger partial charge in [-0.05, 0) is 19.8 Å². The molecule has 0 aromatic rings. The van der Waals surface area contributed by atoms with Gasteiger partial charge >= 0.3 is 0 Å². The number of nitrogens with zero attached hydrogens (tertiary/aromatic N) is 1. The van der Waals surface area contributed by atoms with Gasteiger partial charge in [0, 0.05) is 25.2 Å². The average Bonchev–Trinajstić information content (AvgIpc) is 2.44. The number of rotatable bonds is 6. The Morgan fingerprint density at radius 2 is 2.00 bits per heavy atom. The second-order valence-corrected chi connectivity index (χ2v) is 6.04. The van der Waals surface area contributed by atoms with Gasteiger partial charge in [-0.2, -0.15) is 0 Å². The fraction of sp³-hybridized carbons (Fsp3) is 0.929. The van der Waals surface area contributed by atoms with Gasteiger partial charge in [-0.15, -0.1) is 0 Å². The molecule has 1 saturated heterocycles. The minimum atomic E-state index is -0.412. The van der Waals surface area contributed by atoms with Gasteiger partial charge in [0.15, 0.2) is 0 Å². The number of amides is 1. The first-order valence-electron chi connectivity index (χ1n) is 7.24. The van der Waals surface area contributed by atoms with Crippen LogP contribution in [0.4, 0.5) is 0 Å². The minimum absolute atomic E-state index is 0.0457. The molecule has 0 aliphatic carbocycles. The molecular formula is C14H29N3O2. The lowest BCUT2D eigenvalue weighted by Gasteiger charge is -2.41. The molecule has 5 heteroatoms. The van der Waals surface area contributed by atoms with E-state index in [9.17, 15) is 4.79 Å². The predicted octanol–water partition coefficient (Wildman–Crippen LogP) is 0.587. The molecule has 2 atom stereocenters. The number of hydrogen-bond acceptors (Lipinski definition) is 4. The summed E-state index contributed by atoms with van der Waals surface area (Å²) < 4.78 is 5.36. The lowest BCUT2D eigenvalue weighted by atomic mass is 9.98. The van der Waals surface area contributed by atoms with Gasteiger partial charge in [0.05, 0.1) is 19.3 Å². The molecule has 19 heavy (non-hydrogen) atoms. The van der Waals surface area contributed by atoms with Crippen molar-refractivity contribution < 1.29 is 9.53 Å². The maximum atomic E-state index is 12.0. The molecule has 1 rings (SSSR count). The molecule has 1 fully saturated rings. The molecule has 1 aliphatic heterocycles. The Labute approximate surface area is 116 Å². The van der Waals surface area contributed by atoms with Crippen molar-refractivity contribution in [2.45, 2.75) is 45.7 Å². The van der Waals surface area contributed by atoms with E-state index in [1.54, 1.807) is 0 Å². The summed E-state index contributed by atoms with van der Waals surface area (Å²) in [6.45, 7) is 12.3. The molecule has 112 valence electrons. The van der Waals surface area contributed by atoms with Crippen molar-refractivity contribution in [1.82, 2.24) is 10.2 Å². The van der Waals surface area contributed by atoms with Crippen molar-refractivity contribution in [3.8, 4) is 0 Å².